The van der Waals surface area contributed by atoms with Crippen LogP contribution < -0.4 is 10.6 Å². The minimum Gasteiger partial charge on any atom is -0.351 e. The average molecular weight is 404 g/mol. The van der Waals surface area contributed by atoms with Crippen LogP contribution >= 0.6 is 24.8 Å². The fraction of sp³-hybridized carbons (Fsp3) is 0.650. The predicted molar refractivity (Wildman–Crippen MR) is 114 cm³/mol. The van der Waals surface area contributed by atoms with Crippen LogP contribution in [0.5, 0.6) is 0 Å². The van der Waals surface area contributed by atoms with Gasteiger partial charge in [0.2, 0.25) is 5.91 Å². The zero-order valence-corrected chi connectivity index (χ0v) is 17.8. The quantitative estimate of drug-likeness (QED) is 0.656. The SMILES string of the molecule is CCCCN(CC)Cc1cccc(CNC(=O)[C@H]2CCCCN2)c1.Cl.Cl. The highest BCUT2D eigenvalue weighted by Gasteiger charge is 2.19. The molecule has 1 saturated heterocycles. The summed E-state index contributed by atoms with van der Waals surface area (Å²) in [5.74, 6) is 0.137. The minimum absolute atomic E-state index is 0. The Hall–Kier alpha value is -0.810. The monoisotopic (exact) mass is 403 g/mol. The second-order valence-corrected chi connectivity index (χ2v) is 6.76. The van der Waals surface area contributed by atoms with E-state index in [2.05, 4.69) is 53.6 Å². The molecule has 0 saturated carbocycles. The van der Waals surface area contributed by atoms with Crippen LogP contribution in [0, 0.1) is 0 Å². The van der Waals surface area contributed by atoms with Crippen molar-refractivity contribution in [3.8, 4) is 0 Å². The lowest BCUT2D eigenvalue weighted by Gasteiger charge is -2.23. The molecule has 0 unspecified atom stereocenters. The van der Waals surface area contributed by atoms with Crippen molar-refractivity contribution < 1.29 is 4.79 Å². The molecular formula is C20H35Cl2N3O. The Bertz CT molecular complexity index is 508. The molecule has 1 amide bonds. The molecule has 1 fully saturated rings. The molecule has 2 N–H and O–H groups in total. The molecule has 6 heteroatoms. The Morgan fingerprint density at radius 2 is 2.00 bits per heavy atom. The Morgan fingerprint density at radius 3 is 2.65 bits per heavy atom. The average Bonchev–Trinajstić information content (AvgIpc) is 2.64. The lowest BCUT2D eigenvalue weighted by Crippen LogP contribution is -2.46. The number of amides is 1. The Morgan fingerprint density at radius 1 is 1.23 bits per heavy atom. The minimum atomic E-state index is -0.00782. The molecule has 1 aromatic rings. The van der Waals surface area contributed by atoms with Gasteiger partial charge in [0.15, 0.2) is 0 Å². The first kappa shape index (κ1) is 25.2. The van der Waals surface area contributed by atoms with Gasteiger partial charge < -0.3 is 10.6 Å². The van der Waals surface area contributed by atoms with E-state index in [1.807, 2.05) is 0 Å². The van der Waals surface area contributed by atoms with E-state index in [0.717, 1.165) is 39.0 Å². The second kappa shape index (κ2) is 14.3. The van der Waals surface area contributed by atoms with Gasteiger partial charge in [-0.2, -0.15) is 0 Å². The van der Waals surface area contributed by atoms with Crippen molar-refractivity contribution in [2.24, 2.45) is 0 Å². The molecule has 0 bridgehead atoms. The molecule has 26 heavy (non-hydrogen) atoms. The number of carbonyl (C=O) groups excluding carboxylic acids is 1. The van der Waals surface area contributed by atoms with E-state index in [9.17, 15) is 4.79 Å². The summed E-state index contributed by atoms with van der Waals surface area (Å²) in [4.78, 5) is 14.7. The molecule has 0 radical (unpaired) electrons. The van der Waals surface area contributed by atoms with E-state index in [1.54, 1.807) is 0 Å². The van der Waals surface area contributed by atoms with Gasteiger partial charge in [0.1, 0.15) is 0 Å². The van der Waals surface area contributed by atoms with Gasteiger partial charge in [-0.1, -0.05) is 51.0 Å². The van der Waals surface area contributed by atoms with Crippen molar-refractivity contribution in [3.05, 3.63) is 35.4 Å². The number of carbonyl (C=O) groups is 1. The Labute approximate surface area is 171 Å². The molecule has 0 spiro atoms. The third-order valence-electron chi connectivity index (χ3n) is 4.77. The Kier molecular flexibility index (Phi) is 13.8. The smallest absolute Gasteiger partial charge is 0.237 e. The third kappa shape index (κ3) is 8.72. The van der Waals surface area contributed by atoms with Crippen LogP contribution in [0.15, 0.2) is 24.3 Å². The fourth-order valence-electron chi connectivity index (χ4n) is 3.21. The summed E-state index contributed by atoms with van der Waals surface area (Å²) in [5.41, 5.74) is 2.51. The van der Waals surface area contributed by atoms with Crippen LogP contribution in [-0.2, 0) is 17.9 Å². The van der Waals surface area contributed by atoms with E-state index in [1.165, 1.54) is 30.4 Å². The number of benzene rings is 1. The largest absolute Gasteiger partial charge is 0.351 e. The van der Waals surface area contributed by atoms with Gasteiger partial charge in [-0.25, -0.2) is 0 Å². The van der Waals surface area contributed by atoms with Gasteiger partial charge in [0, 0.05) is 13.1 Å². The van der Waals surface area contributed by atoms with Crippen LogP contribution in [0.25, 0.3) is 0 Å². The number of halogens is 2. The van der Waals surface area contributed by atoms with Gasteiger partial charge in [-0.15, -0.1) is 24.8 Å². The number of nitrogens with one attached hydrogen (secondary N) is 2. The summed E-state index contributed by atoms with van der Waals surface area (Å²) < 4.78 is 0. The molecular weight excluding hydrogens is 369 g/mol. The molecule has 1 aliphatic heterocycles. The first-order valence-electron chi connectivity index (χ1n) is 9.54. The van der Waals surface area contributed by atoms with Crippen molar-refractivity contribution in [3.63, 3.8) is 0 Å². The lowest BCUT2D eigenvalue weighted by molar-refractivity contribution is -0.123. The molecule has 4 nitrogen and oxygen atoms in total. The summed E-state index contributed by atoms with van der Waals surface area (Å²) in [6.45, 7) is 9.25. The van der Waals surface area contributed by atoms with Gasteiger partial charge in [0.25, 0.3) is 0 Å². The number of hydrogen-bond donors (Lipinski definition) is 2. The molecule has 1 aromatic carbocycles. The highest BCUT2D eigenvalue weighted by atomic mass is 35.5. The standard InChI is InChI=1S/C20H33N3O.2ClH/c1-3-5-13-23(4-2)16-18-10-8-9-17(14-18)15-22-20(24)19-11-6-7-12-21-19;;/h8-10,14,19,21H,3-7,11-13,15-16H2,1-2H3,(H,22,24);2*1H/t19-;;/m1../s1. The number of nitrogens with zero attached hydrogens (tertiary/aromatic N) is 1. The van der Waals surface area contributed by atoms with Crippen molar-refractivity contribution >= 4 is 30.7 Å². The Balaban J connectivity index is 0.00000312. The molecule has 1 heterocycles. The molecule has 1 atom stereocenters. The summed E-state index contributed by atoms with van der Waals surface area (Å²) in [6.07, 6.45) is 5.76. The molecule has 0 aromatic heterocycles. The maximum Gasteiger partial charge on any atom is 0.237 e. The first-order valence-corrected chi connectivity index (χ1v) is 9.54. The van der Waals surface area contributed by atoms with Crippen molar-refractivity contribution in [1.82, 2.24) is 15.5 Å². The van der Waals surface area contributed by atoms with Crippen LogP contribution in [0.1, 0.15) is 57.1 Å². The van der Waals surface area contributed by atoms with Crippen molar-refractivity contribution in [2.45, 2.75) is 65.1 Å². The second-order valence-electron chi connectivity index (χ2n) is 6.76. The van der Waals surface area contributed by atoms with Gasteiger partial charge >= 0.3 is 0 Å². The van der Waals surface area contributed by atoms with Crippen molar-refractivity contribution in [1.29, 1.82) is 0 Å². The van der Waals surface area contributed by atoms with Crippen molar-refractivity contribution in [2.75, 3.05) is 19.6 Å². The van der Waals surface area contributed by atoms with Crippen LogP contribution in [-0.4, -0.2) is 36.5 Å². The molecule has 1 aliphatic rings. The van der Waals surface area contributed by atoms with Crippen LogP contribution in [0.4, 0.5) is 0 Å². The maximum absolute atomic E-state index is 12.2. The van der Waals surface area contributed by atoms with Crippen LogP contribution in [0.2, 0.25) is 0 Å². The highest BCUT2D eigenvalue weighted by Crippen LogP contribution is 2.11. The normalized spacial score (nSPS) is 16.5. The third-order valence-corrected chi connectivity index (χ3v) is 4.77. The van der Waals surface area contributed by atoms with Gasteiger partial charge in [-0.3, -0.25) is 9.69 Å². The highest BCUT2D eigenvalue weighted by molar-refractivity contribution is 5.85. The van der Waals surface area contributed by atoms with Crippen LogP contribution in [0.3, 0.4) is 0 Å². The zero-order valence-electron chi connectivity index (χ0n) is 16.1. The number of rotatable bonds is 9. The molecule has 2 rings (SSSR count). The summed E-state index contributed by atoms with van der Waals surface area (Å²) in [7, 11) is 0. The van der Waals surface area contributed by atoms with E-state index in [-0.39, 0.29) is 36.8 Å². The topological polar surface area (TPSA) is 44.4 Å². The summed E-state index contributed by atoms with van der Waals surface area (Å²) in [6, 6.07) is 8.60. The predicted octanol–water partition coefficient (Wildman–Crippen LogP) is 3.91. The number of hydrogen-bond acceptors (Lipinski definition) is 3. The summed E-state index contributed by atoms with van der Waals surface area (Å²) >= 11 is 0. The molecule has 150 valence electrons. The van der Waals surface area contributed by atoms with Gasteiger partial charge in [-0.05, 0) is 50.0 Å². The maximum atomic E-state index is 12.2. The fourth-order valence-corrected chi connectivity index (χ4v) is 3.21. The zero-order chi connectivity index (χ0) is 17.2. The number of piperidine rings is 1. The first-order chi connectivity index (χ1) is 11.7. The lowest BCUT2D eigenvalue weighted by atomic mass is 10.0. The van der Waals surface area contributed by atoms with E-state index in [4.69, 9.17) is 0 Å². The van der Waals surface area contributed by atoms with E-state index < -0.39 is 0 Å². The van der Waals surface area contributed by atoms with Gasteiger partial charge in [0.05, 0.1) is 6.04 Å². The van der Waals surface area contributed by atoms with E-state index >= 15 is 0 Å². The van der Waals surface area contributed by atoms with E-state index in [0.29, 0.717) is 6.54 Å². The number of unbranched alkanes of at least 4 members (excludes halogenated alkanes) is 1. The molecule has 0 aliphatic carbocycles. The summed E-state index contributed by atoms with van der Waals surface area (Å²) in [5, 5.41) is 6.38.